The van der Waals surface area contributed by atoms with Crippen LogP contribution in [0, 0.1) is 0 Å². The van der Waals surface area contributed by atoms with E-state index in [2.05, 4.69) is 26.0 Å². The maximum atomic E-state index is 11.9. The Kier molecular flexibility index (Phi) is 4.07. The van der Waals surface area contributed by atoms with Crippen LogP contribution in [0.3, 0.4) is 0 Å². The number of sulfonamides is 1. The largest absolute Gasteiger partial charge is 0.214 e. The number of hydrogen-bond acceptors (Lipinski definition) is 2. The maximum absolute atomic E-state index is 11.9. The van der Waals surface area contributed by atoms with Gasteiger partial charge >= 0.3 is 0 Å². The standard InChI is InChI=1S/C14H21NO2S/c1-12(2)14-7-5-13(6-8-14)11-15-9-3-4-10-18(15,16)17/h5-8,12H,3-4,9-11H2,1-2H3. The van der Waals surface area contributed by atoms with Crippen LogP contribution in [-0.4, -0.2) is 25.0 Å². The fourth-order valence-electron chi connectivity index (χ4n) is 2.23. The SMILES string of the molecule is CC(C)c1ccc(CN2CCCCS2(=O)=O)cc1. The molecule has 0 atom stereocenters. The second-order valence-electron chi connectivity index (χ2n) is 5.25. The van der Waals surface area contributed by atoms with E-state index in [1.165, 1.54) is 5.56 Å². The van der Waals surface area contributed by atoms with Crippen LogP contribution in [0.5, 0.6) is 0 Å². The van der Waals surface area contributed by atoms with Crippen LogP contribution in [0.1, 0.15) is 43.7 Å². The second-order valence-corrected chi connectivity index (χ2v) is 7.34. The van der Waals surface area contributed by atoms with Crippen molar-refractivity contribution in [1.29, 1.82) is 0 Å². The molecule has 1 aromatic rings. The summed E-state index contributed by atoms with van der Waals surface area (Å²) in [4.78, 5) is 0. The normalized spacial score (nSPS) is 20.2. The topological polar surface area (TPSA) is 37.4 Å². The summed E-state index contributed by atoms with van der Waals surface area (Å²) in [6, 6.07) is 8.27. The van der Waals surface area contributed by atoms with E-state index >= 15 is 0 Å². The molecule has 1 heterocycles. The van der Waals surface area contributed by atoms with Gasteiger partial charge in [-0.05, 0) is 29.9 Å². The molecule has 1 aliphatic rings. The van der Waals surface area contributed by atoms with Gasteiger partial charge in [-0.2, -0.15) is 4.31 Å². The number of rotatable bonds is 3. The summed E-state index contributed by atoms with van der Waals surface area (Å²) in [6.07, 6.45) is 1.77. The van der Waals surface area contributed by atoms with Crippen molar-refractivity contribution >= 4 is 10.0 Å². The summed E-state index contributed by atoms with van der Waals surface area (Å²) in [5, 5.41) is 0. The van der Waals surface area contributed by atoms with Crippen molar-refractivity contribution in [2.75, 3.05) is 12.3 Å². The zero-order valence-corrected chi connectivity index (χ0v) is 11.9. The van der Waals surface area contributed by atoms with E-state index < -0.39 is 10.0 Å². The molecule has 3 nitrogen and oxygen atoms in total. The van der Waals surface area contributed by atoms with Crippen LogP contribution in [0.25, 0.3) is 0 Å². The van der Waals surface area contributed by atoms with Gasteiger partial charge in [0.25, 0.3) is 0 Å². The van der Waals surface area contributed by atoms with E-state index in [1.807, 2.05) is 12.1 Å². The molecule has 4 heteroatoms. The van der Waals surface area contributed by atoms with Crippen molar-refractivity contribution in [3.63, 3.8) is 0 Å². The lowest BCUT2D eigenvalue weighted by molar-refractivity contribution is 0.378. The lowest BCUT2D eigenvalue weighted by Crippen LogP contribution is -2.37. The Morgan fingerprint density at radius 1 is 1.17 bits per heavy atom. The van der Waals surface area contributed by atoms with E-state index in [0.29, 0.717) is 24.8 Å². The summed E-state index contributed by atoms with van der Waals surface area (Å²) in [6.45, 7) is 5.49. The van der Waals surface area contributed by atoms with Crippen LogP contribution < -0.4 is 0 Å². The Morgan fingerprint density at radius 3 is 2.39 bits per heavy atom. The first kappa shape index (κ1) is 13.6. The molecule has 1 saturated heterocycles. The predicted molar refractivity (Wildman–Crippen MR) is 74.0 cm³/mol. The molecule has 1 aromatic carbocycles. The summed E-state index contributed by atoms with van der Waals surface area (Å²) in [7, 11) is -3.01. The van der Waals surface area contributed by atoms with E-state index in [-0.39, 0.29) is 0 Å². The number of benzene rings is 1. The zero-order chi connectivity index (χ0) is 13.2. The summed E-state index contributed by atoms with van der Waals surface area (Å²) in [5.74, 6) is 0.814. The van der Waals surface area contributed by atoms with Gasteiger partial charge in [-0.15, -0.1) is 0 Å². The van der Waals surface area contributed by atoms with Crippen molar-refractivity contribution in [3.8, 4) is 0 Å². The van der Waals surface area contributed by atoms with E-state index in [0.717, 1.165) is 18.4 Å². The summed E-state index contributed by atoms with van der Waals surface area (Å²) in [5.41, 5.74) is 2.37. The van der Waals surface area contributed by atoms with Gasteiger partial charge < -0.3 is 0 Å². The molecule has 2 rings (SSSR count). The highest BCUT2D eigenvalue weighted by molar-refractivity contribution is 7.89. The van der Waals surface area contributed by atoms with Crippen LogP contribution in [0.4, 0.5) is 0 Å². The first-order valence-corrected chi connectivity index (χ1v) is 8.16. The van der Waals surface area contributed by atoms with Gasteiger partial charge in [0.05, 0.1) is 5.75 Å². The second kappa shape index (κ2) is 5.41. The van der Waals surface area contributed by atoms with Gasteiger partial charge in [0.15, 0.2) is 0 Å². The molecule has 0 N–H and O–H groups in total. The minimum atomic E-state index is -3.01. The fourth-order valence-corrected chi connectivity index (χ4v) is 3.81. The molecule has 0 saturated carbocycles. The lowest BCUT2D eigenvalue weighted by Gasteiger charge is -2.26. The minimum Gasteiger partial charge on any atom is -0.212 e. The van der Waals surface area contributed by atoms with Crippen LogP contribution >= 0.6 is 0 Å². The Balaban J connectivity index is 2.09. The van der Waals surface area contributed by atoms with Gasteiger partial charge in [0.2, 0.25) is 10.0 Å². The maximum Gasteiger partial charge on any atom is 0.214 e. The Bertz CT molecular complexity index is 491. The van der Waals surface area contributed by atoms with E-state index in [9.17, 15) is 8.42 Å². The van der Waals surface area contributed by atoms with Gasteiger partial charge in [0, 0.05) is 13.1 Å². The van der Waals surface area contributed by atoms with Crippen LogP contribution in [-0.2, 0) is 16.6 Å². The molecule has 0 radical (unpaired) electrons. The van der Waals surface area contributed by atoms with E-state index in [4.69, 9.17) is 0 Å². The first-order chi connectivity index (χ1) is 8.49. The predicted octanol–water partition coefficient (Wildman–Crippen LogP) is 2.74. The number of hydrogen-bond donors (Lipinski definition) is 0. The van der Waals surface area contributed by atoms with E-state index in [1.54, 1.807) is 4.31 Å². The van der Waals surface area contributed by atoms with Gasteiger partial charge in [-0.1, -0.05) is 38.1 Å². The molecule has 0 aliphatic carbocycles. The highest BCUT2D eigenvalue weighted by Gasteiger charge is 2.25. The summed E-state index contributed by atoms with van der Waals surface area (Å²) < 4.78 is 25.4. The third-order valence-electron chi connectivity index (χ3n) is 3.46. The fraction of sp³-hybridized carbons (Fsp3) is 0.571. The first-order valence-electron chi connectivity index (χ1n) is 6.56. The monoisotopic (exact) mass is 267 g/mol. The molecule has 1 fully saturated rings. The third-order valence-corrected chi connectivity index (χ3v) is 5.36. The van der Waals surface area contributed by atoms with Crippen molar-refractivity contribution in [2.24, 2.45) is 0 Å². The Hall–Kier alpha value is -0.870. The average molecular weight is 267 g/mol. The minimum absolute atomic E-state index is 0.303. The summed E-state index contributed by atoms with van der Waals surface area (Å²) >= 11 is 0. The quantitative estimate of drug-likeness (QED) is 0.844. The van der Waals surface area contributed by atoms with Crippen LogP contribution in [0.2, 0.25) is 0 Å². The van der Waals surface area contributed by atoms with Crippen molar-refractivity contribution in [1.82, 2.24) is 4.31 Å². The highest BCUT2D eigenvalue weighted by Crippen LogP contribution is 2.19. The average Bonchev–Trinajstić information content (AvgIpc) is 2.32. The van der Waals surface area contributed by atoms with Gasteiger partial charge in [-0.25, -0.2) is 8.42 Å². The molecule has 0 bridgehead atoms. The smallest absolute Gasteiger partial charge is 0.212 e. The molecule has 0 spiro atoms. The van der Waals surface area contributed by atoms with Gasteiger partial charge in [-0.3, -0.25) is 0 Å². The molecule has 1 aliphatic heterocycles. The Morgan fingerprint density at radius 2 is 1.83 bits per heavy atom. The van der Waals surface area contributed by atoms with Crippen molar-refractivity contribution in [2.45, 2.75) is 39.2 Å². The molecule has 0 amide bonds. The number of nitrogens with zero attached hydrogens (tertiary/aromatic N) is 1. The van der Waals surface area contributed by atoms with Crippen molar-refractivity contribution in [3.05, 3.63) is 35.4 Å². The Labute approximate surface area is 110 Å². The molecule has 0 unspecified atom stereocenters. The molecule has 100 valence electrons. The molecule has 18 heavy (non-hydrogen) atoms. The zero-order valence-electron chi connectivity index (χ0n) is 11.1. The molecular weight excluding hydrogens is 246 g/mol. The highest BCUT2D eigenvalue weighted by atomic mass is 32.2. The third kappa shape index (κ3) is 3.12. The van der Waals surface area contributed by atoms with Crippen molar-refractivity contribution < 1.29 is 8.42 Å². The molecule has 0 aromatic heterocycles. The lowest BCUT2D eigenvalue weighted by atomic mass is 10.0. The van der Waals surface area contributed by atoms with Crippen LogP contribution in [0.15, 0.2) is 24.3 Å². The molecular formula is C14H21NO2S. The van der Waals surface area contributed by atoms with Gasteiger partial charge in [0.1, 0.15) is 0 Å².